The second-order valence-electron chi connectivity index (χ2n) is 9.85. The van der Waals surface area contributed by atoms with E-state index in [0.29, 0.717) is 12.6 Å². The van der Waals surface area contributed by atoms with Crippen LogP contribution in [-0.2, 0) is 6.54 Å². The summed E-state index contributed by atoms with van der Waals surface area (Å²) in [5.74, 6) is 0.854. The van der Waals surface area contributed by atoms with Gasteiger partial charge in [0, 0.05) is 23.3 Å². The Morgan fingerprint density at radius 3 is 2.35 bits per heavy atom. The lowest BCUT2D eigenvalue weighted by Crippen LogP contribution is -2.63. The molecule has 1 aliphatic rings. The van der Waals surface area contributed by atoms with Gasteiger partial charge in [-0.15, -0.1) is 0 Å². The Bertz CT molecular complexity index is 851. The van der Waals surface area contributed by atoms with E-state index in [-0.39, 0.29) is 17.1 Å². The molecule has 1 aromatic carbocycles. The molecule has 168 valence electrons. The zero-order valence-corrected chi connectivity index (χ0v) is 20.4. The van der Waals surface area contributed by atoms with Crippen molar-refractivity contribution in [3.63, 3.8) is 0 Å². The molecule has 6 heteroatoms. The molecule has 1 fully saturated rings. The molecule has 0 radical (unpaired) electrons. The van der Waals surface area contributed by atoms with Gasteiger partial charge in [0.15, 0.2) is 5.11 Å². The summed E-state index contributed by atoms with van der Waals surface area (Å²) in [7, 11) is 1.69. The highest BCUT2D eigenvalue weighted by atomic mass is 32.1. The predicted octanol–water partition coefficient (Wildman–Crippen LogP) is 4.84. The topological polar surface area (TPSA) is 49.4 Å². The maximum absolute atomic E-state index is 5.97. The van der Waals surface area contributed by atoms with Crippen molar-refractivity contribution in [2.75, 3.05) is 7.11 Å². The van der Waals surface area contributed by atoms with Crippen molar-refractivity contribution >= 4 is 17.3 Å². The molecule has 2 aromatic rings. The number of nitrogens with zero attached hydrogens (tertiary/aromatic N) is 2. The summed E-state index contributed by atoms with van der Waals surface area (Å²) in [5, 5.41) is 8.20. The Labute approximate surface area is 192 Å². The predicted molar refractivity (Wildman–Crippen MR) is 131 cm³/mol. The Morgan fingerprint density at radius 2 is 1.81 bits per heavy atom. The summed E-state index contributed by atoms with van der Waals surface area (Å²) in [6.07, 6.45) is 3.87. The molecular formula is C25H36N4OS. The second-order valence-corrected chi connectivity index (χ2v) is 10.2. The van der Waals surface area contributed by atoms with E-state index in [4.69, 9.17) is 17.0 Å². The second kappa shape index (κ2) is 9.53. The first kappa shape index (κ1) is 23.5. The molecule has 0 unspecified atom stereocenters. The van der Waals surface area contributed by atoms with Gasteiger partial charge in [-0.05, 0) is 89.5 Å². The van der Waals surface area contributed by atoms with Crippen LogP contribution in [-0.4, -0.2) is 39.2 Å². The number of thiocarbonyl (C=S) groups is 1. The summed E-state index contributed by atoms with van der Waals surface area (Å²) >= 11 is 5.97. The van der Waals surface area contributed by atoms with Gasteiger partial charge in [0.2, 0.25) is 0 Å². The lowest BCUT2D eigenvalue weighted by Gasteiger charge is -2.47. The molecule has 1 aromatic heterocycles. The first-order valence-corrected chi connectivity index (χ1v) is 11.4. The van der Waals surface area contributed by atoms with E-state index in [1.165, 1.54) is 5.56 Å². The number of benzene rings is 1. The highest BCUT2D eigenvalue weighted by molar-refractivity contribution is 7.80. The van der Waals surface area contributed by atoms with Crippen LogP contribution in [0.3, 0.4) is 0 Å². The van der Waals surface area contributed by atoms with Gasteiger partial charge in [-0.1, -0.05) is 18.2 Å². The van der Waals surface area contributed by atoms with Crippen LogP contribution in [0.2, 0.25) is 0 Å². The number of methoxy groups -OCH3 is 1. The van der Waals surface area contributed by atoms with Crippen molar-refractivity contribution in [1.29, 1.82) is 0 Å². The van der Waals surface area contributed by atoms with Gasteiger partial charge in [0.25, 0.3) is 0 Å². The fourth-order valence-electron chi connectivity index (χ4n) is 4.80. The molecule has 5 nitrogen and oxygen atoms in total. The summed E-state index contributed by atoms with van der Waals surface area (Å²) in [6, 6.07) is 14.6. The van der Waals surface area contributed by atoms with Crippen molar-refractivity contribution < 1.29 is 4.74 Å². The summed E-state index contributed by atoms with van der Waals surface area (Å²) < 4.78 is 5.32. The molecule has 3 rings (SSSR count). The van der Waals surface area contributed by atoms with Crippen LogP contribution in [0.15, 0.2) is 48.7 Å². The zero-order chi connectivity index (χ0) is 22.6. The minimum Gasteiger partial charge on any atom is -0.497 e. The van der Waals surface area contributed by atoms with E-state index in [2.05, 4.69) is 67.3 Å². The third-order valence-corrected chi connectivity index (χ3v) is 6.26. The summed E-state index contributed by atoms with van der Waals surface area (Å²) in [4.78, 5) is 6.78. The SMILES string of the molecule is COc1ccc([C@H](C)N(Cc2ccccn2)C(=S)NC2CC(C)(C)NC(C)(C)C2)cc1. The van der Waals surface area contributed by atoms with Crippen molar-refractivity contribution in [3.8, 4) is 5.75 Å². The Balaban J connectivity index is 1.81. The van der Waals surface area contributed by atoms with Gasteiger partial charge in [-0.2, -0.15) is 0 Å². The Morgan fingerprint density at radius 1 is 1.16 bits per heavy atom. The number of hydrogen-bond donors (Lipinski definition) is 2. The molecular weight excluding hydrogens is 404 g/mol. The lowest BCUT2D eigenvalue weighted by atomic mass is 9.80. The molecule has 2 heterocycles. The minimum atomic E-state index is 0.0580. The number of pyridine rings is 1. The van der Waals surface area contributed by atoms with E-state index in [1.54, 1.807) is 7.11 Å². The molecule has 0 aliphatic carbocycles. The van der Waals surface area contributed by atoms with Crippen molar-refractivity contribution in [2.24, 2.45) is 0 Å². The van der Waals surface area contributed by atoms with E-state index in [1.807, 2.05) is 36.5 Å². The largest absolute Gasteiger partial charge is 0.497 e. The van der Waals surface area contributed by atoms with Crippen molar-refractivity contribution in [2.45, 2.75) is 77.2 Å². The third kappa shape index (κ3) is 6.40. The van der Waals surface area contributed by atoms with Gasteiger partial charge >= 0.3 is 0 Å². The number of hydrogen-bond acceptors (Lipinski definition) is 4. The minimum absolute atomic E-state index is 0.0580. The van der Waals surface area contributed by atoms with E-state index in [9.17, 15) is 0 Å². The van der Waals surface area contributed by atoms with Crippen LogP contribution in [0.25, 0.3) is 0 Å². The Kier molecular flexibility index (Phi) is 7.22. The van der Waals surface area contributed by atoms with Crippen molar-refractivity contribution in [1.82, 2.24) is 20.5 Å². The average Bonchev–Trinajstić information content (AvgIpc) is 2.70. The number of aromatic nitrogens is 1. The molecule has 31 heavy (non-hydrogen) atoms. The first-order valence-electron chi connectivity index (χ1n) is 11.0. The summed E-state index contributed by atoms with van der Waals surface area (Å²) in [5.41, 5.74) is 2.30. The fraction of sp³-hybridized carbons (Fsp3) is 0.520. The Hall–Kier alpha value is -2.18. The fourth-order valence-corrected chi connectivity index (χ4v) is 5.18. The third-order valence-electron chi connectivity index (χ3n) is 5.90. The van der Waals surface area contributed by atoms with Crippen LogP contribution in [0.1, 0.15) is 64.8 Å². The molecule has 1 saturated heterocycles. The van der Waals surface area contributed by atoms with Gasteiger partial charge in [0.1, 0.15) is 5.75 Å². The molecule has 1 aliphatic heterocycles. The van der Waals surface area contributed by atoms with E-state index < -0.39 is 0 Å². The van der Waals surface area contributed by atoms with Crippen LogP contribution in [0.5, 0.6) is 5.75 Å². The maximum Gasteiger partial charge on any atom is 0.170 e. The van der Waals surface area contributed by atoms with Crippen molar-refractivity contribution in [3.05, 3.63) is 59.9 Å². The smallest absolute Gasteiger partial charge is 0.170 e. The lowest BCUT2D eigenvalue weighted by molar-refractivity contribution is 0.152. The molecule has 2 N–H and O–H groups in total. The van der Waals surface area contributed by atoms with E-state index >= 15 is 0 Å². The van der Waals surface area contributed by atoms with Crippen LogP contribution >= 0.6 is 12.2 Å². The number of rotatable bonds is 6. The van der Waals surface area contributed by atoms with Crippen LogP contribution < -0.4 is 15.4 Å². The quantitative estimate of drug-likeness (QED) is 0.627. The highest BCUT2D eigenvalue weighted by Crippen LogP contribution is 2.30. The van der Waals surface area contributed by atoms with Crippen LogP contribution in [0.4, 0.5) is 0 Å². The van der Waals surface area contributed by atoms with Gasteiger partial charge in [-0.3, -0.25) is 4.98 Å². The number of piperidine rings is 1. The molecule has 0 saturated carbocycles. The van der Waals surface area contributed by atoms with Gasteiger partial charge in [-0.25, -0.2) is 0 Å². The monoisotopic (exact) mass is 440 g/mol. The molecule has 0 bridgehead atoms. The normalized spacial score (nSPS) is 18.8. The highest BCUT2D eigenvalue weighted by Gasteiger charge is 2.38. The maximum atomic E-state index is 5.97. The standard InChI is InChI=1S/C25H36N4OS/c1-18(19-10-12-22(30-6)13-11-19)29(17-20-9-7-8-14-26-20)23(31)27-21-15-24(2,3)28-25(4,5)16-21/h7-14,18,21,28H,15-17H2,1-6H3,(H,27,31)/t18-/m0/s1. The molecule has 1 atom stereocenters. The first-order chi connectivity index (χ1) is 14.6. The van der Waals surface area contributed by atoms with Gasteiger partial charge < -0.3 is 20.3 Å². The molecule has 0 spiro atoms. The number of ether oxygens (including phenoxy) is 1. The molecule has 0 amide bonds. The summed E-state index contributed by atoms with van der Waals surface area (Å²) in [6.45, 7) is 11.9. The average molecular weight is 441 g/mol. The van der Waals surface area contributed by atoms with Crippen LogP contribution in [0, 0.1) is 0 Å². The van der Waals surface area contributed by atoms with E-state index in [0.717, 1.165) is 29.4 Å². The number of nitrogens with one attached hydrogen (secondary N) is 2. The zero-order valence-electron chi connectivity index (χ0n) is 19.6. The van der Waals surface area contributed by atoms with Gasteiger partial charge in [0.05, 0.1) is 25.4 Å².